The van der Waals surface area contributed by atoms with Crippen LogP contribution in [-0.4, -0.2) is 62.5 Å². The lowest BCUT2D eigenvalue weighted by molar-refractivity contribution is 0.121. The Morgan fingerprint density at radius 3 is 2.64 bits per heavy atom. The van der Waals surface area contributed by atoms with Crippen LogP contribution in [0.3, 0.4) is 0 Å². The number of H-pyrrole nitrogens is 1. The van der Waals surface area contributed by atoms with Gasteiger partial charge in [-0.3, -0.25) is 19.7 Å². The first-order chi connectivity index (χ1) is 10.7. The first-order valence-corrected chi connectivity index (χ1v) is 7.68. The van der Waals surface area contributed by atoms with E-state index in [9.17, 15) is 4.79 Å². The van der Waals surface area contributed by atoms with Crippen LogP contribution in [-0.2, 0) is 13.1 Å². The van der Waals surface area contributed by atoms with Gasteiger partial charge in [0.1, 0.15) is 0 Å². The highest BCUT2D eigenvalue weighted by Gasteiger charge is 2.17. The molecule has 0 saturated carbocycles. The molecule has 0 aromatic carbocycles. The van der Waals surface area contributed by atoms with Gasteiger partial charge in [0.15, 0.2) is 0 Å². The number of piperazine rings is 1. The standard InChI is InChI=1S/C15H22N6O/c1-13-11-14(18-17-13)12-20-7-5-19(6-8-20)9-10-21-15(22)3-2-4-16-21/h2-4,11H,5-10,12H2,1H3,(H,17,18). The Morgan fingerprint density at radius 2 is 1.95 bits per heavy atom. The van der Waals surface area contributed by atoms with E-state index in [0.717, 1.165) is 50.7 Å². The molecule has 0 aliphatic carbocycles. The van der Waals surface area contributed by atoms with Gasteiger partial charge < -0.3 is 0 Å². The van der Waals surface area contributed by atoms with Gasteiger partial charge in [-0.15, -0.1) is 0 Å². The van der Waals surface area contributed by atoms with Crippen molar-refractivity contribution in [3.63, 3.8) is 0 Å². The van der Waals surface area contributed by atoms with E-state index >= 15 is 0 Å². The molecule has 1 aliphatic rings. The largest absolute Gasteiger partial charge is 0.299 e. The van der Waals surface area contributed by atoms with Gasteiger partial charge in [-0.1, -0.05) is 0 Å². The quantitative estimate of drug-likeness (QED) is 0.848. The highest BCUT2D eigenvalue weighted by Crippen LogP contribution is 2.07. The normalized spacial score (nSPS) is 17.0. The van der Waals surface area contributed by atoms with E-state index in [4.69, 9.17) is 0 Å². The van der Waals surface area contributed by atoms with Crippen LogP contribution in [0.1, 0.15) is 11.4 Å². The highest BCUT2D eigenvalue weighted by atomic mass is 16.1. The van der Waals surface area contributed by atoms with Crippen LogP contribution in [0.5, 0.6) is 0 Å². The number of rotatable bonds is 5. The summed E-state index contributed by atoms with van der Waals surface area (Å²) in [7, 11) is 0. The average Bonchev–Trinajstić information content (AvgIpc) is 2.93. The van der Waals surface area contributed by atoms with Crippen LogP contribution in [0.15, 0.2) is 29.2 Å². The molecule has 0 unspecified atom stereocenters. The van der Waals surface area contributed by atoms with Crippen molar-refractivity contribution < 1.29 is 0 Å². The van der Waals surface area contributed by atoms with Crippen LogP contribution in [0.4, 0.5) is 0 Å². The lowest BCUT2D eigenvalue weighted by Gasteiger charge is -2.34. The van der Waals surface area contributed by atoms with E-state index in [1.165, 1.54) is 4.68 Å². The lowest BCUT2D eigenvalue weighted by atomic mass is 10.3. The summed E-state index contributed by atoms with van der Waals surface area (Å²) in [5, 5.41) is 11.4. The van der Waals surface area contributed by atoms with Crippen molar-refractivity contribution >= 4 is 0 Å². The minimum absolute atomic E-state index is 0.0324. The van der Waals surface area contributed by atoms with Crippen molar-refractivity contribution in [3.05, 3.63) is 46.1 Å². The Hall–Kier alpha value is -1.99. The van der Waals surface area contributed by atoms with E-state index < -0.39 is 0 Å². The fourth-order valence-corrected chi connectivity index (χ4v) is 2.75. The summed E-state index contributed by atoms with van der Waals surface area (Å²) in [5.41, 5.74) is 2.18. The van der Waals surface area contributed by atoms with Crippen LogP contribution < -0.4 is 5.56 Å². The maximum atomic E-state index is 11.6. The number of nitrogens with one attached hydrogen (secondary N) is 1. The third-order valence-electron chi connectivity index (χ3n) is 4.02. The maximum absolute atomic E-state index is 11.6. The van der Waals surface area contributed by atoms with Crippen molar-refractivity contribution in [3.8, 4) is 0 Å². The van der Waals surface area contributed by atoms with Crippen molar-refractivity contribution in [1.82, 2.24) is 29.8 Å². The Morgan fingerprint density at radius 1 is 1.18 bits per heavy atom. The minimum atomic E-state index is -0.0324. The summed E-state index contributed by atoms with van der Waals surface area (Å²) in [5.74, 6) is 0. The molecule has 22 heavy (non-hydrogen) atoms. The summed E-state index contributed by atoms with van der Waals surface area (Å²) in [6.07, 6.45) is 1.66. The van der Waals surface area contributed by atoms with E-state index in [0.29, 0.717) is 6.54 Å². The number of aromatic amines is 1. The SMILES string of the molecule is Cc1cc(CN2CCN(CCn3ncccc3=O)CC2)n[nH]1. The molecule has 1 saturated heterocycles. The molecule has 3 heterocycles. The second-order valence-corrected chi connectivity index (χ2v) is 5.75. The minimum Gasteiger partial charge on any atom is -0.299 e. The fourth-order valence-electron chi connectivity index (χ4n) is 2.75. The summed E-state index contributed by atoms with van der Waals surface area (Å²) >= 11 is 0. The predicted molar refractivity (Wildman–Crippen MR) is 83.5 cm³/mol. The van der Waals surface area contributed by atoms with E-state index in [-0.39, 0.29) is 5.56 Å². The van der Waals surface area contributed by atoms with E-state index in [1.807, 2.05) is 6.92 Å². The maximum Gasteiger partial charge on any atom is 0.266 e. The van der Waals surface area contributed by atoms with Crippen LogP contribution in [0, 0.1) is 6.92 Å². The smallest absolute Gasteiger partial charge is 0.266 e. The Labute approximate surface area is 129 Å². The molecule has 3 rings (SSSR count). The second kappa shape index (κ2) is 6.85. The molecular formula is C15H22N6O. The van der Waals surface area contributed by atoms with E-state index in [2.05, 4.69) is 31.2 Å². The van der Waals surface area contributed by atoms with Crippen LogP contribution in [0.25, 0.3) is 0 Å². The van der Waals surface area contributed by atoms with Crippen molar-refractivity contribution in [2.45, 2.75) is 20.0 Å². The molecular weight excluding hydrogens is 280 g/mol. The second-order valence-electron chi connectivity index (χ2n) is 5.75. The van der Waals surface area contributed by atoms with Gasteiger partial charge >= 0.3 is 0 Å². The Bertz CT molecular complexity index is 656. The zero-order chi connectivity index (χ0) is 15.4. The molecule has 7 nitrogen and oxygen atoms in total. The average molecular weight is 302 g/mol. The summed E-state index contributed by atoms with van der Waals surface area (Å²) < 4.78 is 1.53. The van der Waals surface area contributed by atoms with Gasteiger partial charge in [0.2, 0.25) is 0 Å². The molecule has 0 atom stereocenters. The predicted octanol–water partition coefficient (Wildman–Crippen LogP) is 0.0926. The number of hydrogen-bond acceptors (Lipinski definition) is 5. The number of aryl methyl sites for hydroxylation is 1. The molecule has 2 aromatic heterocycles. The molecule has 1 fully saturated rings. The van der Waals surface area contributed by atoms with Crippen molar-refractivity contribution in [1.29, 1.82) is 0 Å². The molecule has 0 amide bonds. The summed E-state index contributed by atoms with van der Waals surface area (Å²) in [6, 6.07) is 5.32. The van der Waals surface area contributed by atoms with Gasteiger partial charge in [-0.2, -0.15) is 10.2 Å². The van der Waals surface area contributed by atoms with Crippen LogP contribution in [0.2, 0.25) is 0 Å². The lowest BCUT2D eigenvalue weighted by Crippen LogP contribution is -2.47. The third kappa shape index (κ3) is 3.80. The highest BCUT2D eigenvalue weighted by molar-refractivity contribution is 5.06. The summed E-state index contributed by atoms with van der Waals surface area (Å²) in [4.78, 5) is 16.4. The molecule has 7 heteroatoms. The molecule has 1 N–H and O–H groups in total. The molecule has 1 aliphatic heterocycles. The topological polar surface area (TPSA) is 70.1 Å². The molecule has 2 aromatic rings. The van der Waals surface area contributed by atoms with Gasteiger partial charge in [0.05, 0.1) is 12.2 Å². The molecule has 0 bridgehead atoms. The first-order valence-electron chi connectivity index (χ1n) is 7.68. The van der Waals surface area contributed by atoms with Gasteiger partial charge in [0.25, 0.3) is 5.56 Å². The van der Waals surface area contributed by atoms with Gasteiger partial charge in [0, 0.05) is 57.2 Å². The van der Waals surface area contributed by atoms with Crippen molar-refractivity contribution in [2.24, 2.45) is 0 Å². The Balaban J connectivity index is 1.44. The Kier molecular flexibility index (Phi) is 4.65. The number of hydrogen-bond donors (Lipinski definition) is 1. The zero-order valence-electron chi connectivity index (χ0n) is 12.9. The number of aromatic nitrogens is 4. The molecule has 0 spiro atoms. The first kappa shape index (κ1) is 14.9. The van der Waals surface area contributed by atoms with Crippen molar-refractivity contribution in [2.75, 3.05) is 32.7 Å². The third-order valence-corrected chi connectivity index (χ3v) is 4.02. The van der Waals surface area contributed by atoms with E-state index in [1.54, 1.807) is 18.3 Å². The molecule has 118 valence electrons. The van der Waals surface area contributed by atoms with Gasteiger partial charge in [-0.05, 0) is 19.1 Å². The van der Waals surface area contributed by atoms with Gasteiger partial charge in [-0.25, -0.2) is 4.68 Å². The zero-order valence-corrected chi connectivity index (χ0v) is 12.9. The molecule has 0 radical (unpaired) electrons. The summed E-state index contributed by atoms with van der Waals surface area (Å²) in [6.45, 7) is 8.54. The monoisotopic (exact) mass is 302 g/mol. The van der Waals surface area contributed by atoms with Crippen LogP contribution >= 0.6 is 0 Å². The number of nitrogens with zero attached hydrogens (tertiary/aromatic N) is 5. The fraction of sp³-hybridized carbons (Fsp3) is 0.533.